The Morgan fingerprint density at radius 3 is 2.82 bits per heavy atom. The van der Waals surface area contributed by atoms with Gasteiger partial charge in [0.1, 0.15) is 6.33 Å². The molecule has 0 N–H and O–H groups in total. The minimum atomic E-state index is 0.341. The summed E-state index contributed by atoms with van der Waals surface area (Å²) in [7, 11) is 1.66. The molecule has 3 rings (SSSR count). The number of rotatable bonds is 2. The molecule has 2 atom stereocenters. The van der Waals surface area contributed by atoms with Gasteiger partial charge in [0.15, 0.2) is 11.5 Å². The van der Waals surface area contributed by atoms with E-state index >= 15 is 0 Å². The molecule has 0 saturated carbocycles. The van der Waals surface area contributed by atoms with Crippen molar-refractivity contribution >= 4 is 17.4 Å². The van der Waals surface area contributed by atoms with Crippen LogP contribution in [0.5, 0.6) is 11.5 Å². The number of benzene rings is 1. The Hall–Kier alpha value is -1.88. The van der Waals surface area contributed by atoms with Crippen molar-refractivity contribution in [2.24, 2.45) is 5.92 Å². The van der Waals surface area contributed by atoms with Crippen LogP contribution >= 0.6 is 12.2 Å². The molecule has 116 valence electrons. The average molecular weight is 316 g/mol. The van der Waals surface area contributed by atoms with Gasteiger partial charge in [-0.25, -0.2) is 4.98 Å². The summed E-state index contributed by atoms with van der Waals surface area (Å²) in [5.41, 5.74) is 2.69. The minimum Gasteiger partial charge on any atom is -0.493 e. The summed E-state index contributed by atoms with van der Waals surface area (Å²) in [5.74, 6) is 2.62. The summed E-state index contributed by atoms with van der Waals surface area (Å²) in [6.07, 6.45) is 7.32. The van der Waals surface area contributed by atoms with Crippen LogP contribution < -0.4 is 9.47 Å². The number of fused-ring (bicyclic) bond motifs is 1. The van der Waals surface area contributed by atoms with Crippen molar-refractivity contribution in [3.05, 3.63) is 42.0 Å². The molecule has 1 heterocycles. The van der Waals surface area contributed by atoms with Crippen molar-refractivity contribution in [1.29, 1.82) is 0 Å². The predicted molar refractivity (Wildman–Crippen MR) is 89.7 cm³/mol. The Balaban J connectivity index is 1.93. The quantitative estimate of drug-likeness (QED) is 0.790. The molecule has 0 aliphatic heterocycles. The maximum absolute atomic E-state index is 5.84. The molecule has 0 radical (unpaired) electrons. The number of hydrogen-bond donors (Lipinski definition) is 0. The van der Waals surface area contributed by atoms with Gasteiger partial charge >= 0.3 is 0 Å². The van der Waals surface area contributed by atoms with Crippen molar-refractivity contribution in [2.75, 3.05) is 7.11 Å². The van der Waals surface area contributed by atoms with Crippen LogP contribution in [0.2, 0.25) is 0 Å². The average Bonchev–Trinajstić information content (AvgIpc) is 3.05. The fraction of sp³-hybridized carbons (Fsp3) is 0.412. The zero-order valence-electron chi connectivity index (χ0n) is 13.1. The normalized spacial score (nSPS) is 20.3. The molecule has 1 aliphatic rings. The van der Waals surface area contributed by atoms with Crippen LogP contribution in [-0.2, 0) is 6.42 Å². The largest absolute Gasteiger partial charge is 0.493 e. The van der Waals surface area contributed by atoms with E-state index < -0.39 is 0 Å². The van der Waals surface area contributed by atoms with E-state index in [9.17, 15) is 0 Å². The molecule has 22 heavy (non-hydrogen) atoms. The molecule has 4 nitrogen and oxygen atoms in total. The van der Waals surface area contributed by atoms with E-state index in [-0.39, 0.29) is 0 Å². The lowest BCUT2D eigenvalue weighted by atomic mass is 9.77. The molecule has 1 aliphatic carbocycles. The Kier molecular flexibility index (Phi) is 4.16. The first-order valence-electron chi connectivity index (χ1n) is 7.51. The molecule has 0 spiro atoms. The third kappa shape index (κ3) is 2.73. The van der Waals surface area contributed by atoms with Crippen molar-refractivity contribution in [3.8, 4) is 11.5 Å². The molecule has 2 unspecified atom stereocenters. The summed E-state index contributed by atoms with van der Waals surface area (Å²) in [4.78, 5) is 3.98. The molecule has 0 saturated heterocycles. The Morgan fingerprint density at radius 2 is 2.14 bits per heavy atom. The van der Waals surface area contributed by atoms with Crippen molar-refractivity contribution in [3.63, 3.8) is 0 Å². The van der Waals surface area contributed by atoms with Gasteiger partial charge in [-0.3, -0.25) is 4.57 Å². The maximum atomic E-state index is 5.84. The third-order valence-electron chi connectivity index (χ3n) is 4.55. The van der Waals surface area contributed by atoms with Crippen LogP contribution in [0.3, 0.4) is 0 Å². The van der Waals surface area contributed by atoms with E-state index in [1.54, 1.807) is 30.4 Å². The first-order valence-corrected chi connectivity index (χ1v) is 7.92. The highest BCUT2D eigenvalue weighted by atomic mass is 32.1. The fourth-order valence-corrected chi connectivity index (χ4v) is 3.15. The lowest BCUT2D eigenvalue weighted by molar-refractivity contribution is 0.381. The van der Waals surface area contributed by atoms with E-state index in [0.29, 0.717) is 22.8 Å². The van der Waals surface area contributed by atoms with Crippen molar-refractivity contribution < 1.29 is 9.47 Å². The molecule has 1 aromatic heterocycles. The molecule has 0 fully saturated rings. The summed E-state index contributed by atoms with van der Waals surface area (Å²) in [6.45, 7) is 4.58. The second-order valence-corrected chi connectivity index (χ2v) is 6.19. The summed E-state index contributed by atoms with van der Waals surface area (Å²) >= 11 is 5.31. The number of methoxy groups -OCH3 is 1. The first-order chi connectivity index (χ1) is 10.6. The monoisotopic (exact) mass is 316 g/mol. The van der Waals surface area contributed by atoms with Crippen molar-refractivity contribution in [1.82, 2.24) is 9.55 Å². The van der Waals surface area contributed by atoms with Gasteiger partial charge in [-0.05, 0) is 60.2 Å². The van der Waals surface area contributed by atoms with Crippen molar-refractivity contribution in [2.45, 2.75) is 32.6 Å². The molecular formula is C17H20N2O2S. The van der Waals surface area contributed by atoms with E-state index in [4.69, 9.17) is 21.7 Å². The van der Waals surface area contributed by atoms with Gasteiger partial charge in [-0.2, -0.15) is 0 Å². The van der Waals surface area contributed by atoms with Gasteiger partial charge in [0.05, 0.1) is 7.11 Å². The number of ether oxygens (including phenoxy) is 2. The number of thiocarbonyl (C=S) groups is 1. The van der Waals surface area contributed by atoms with Gasteiger partial charge in [0.2, 0.25) is 0 Å². The molecule has 0 amide bonds. The van der Waals surface area contributed by atoms with Crippen LogP contribution in [0.15, 0.2) is 30.9 Å². The highest BCUT2D eigenvalue weighted by Crippen LogP contribution is 2.41. The number of hydrogen-bond acceptors (Lipinski definition) is 4. The minimum absolute atomic E-state index is 0.341. The molecule has 1 aromatic carbocycles. The molecule has 2 aromatic rings. The Bertz CT molecular complexity index is 682. The topological polar surface area (TPSA) is 36.3 Å². The Morgan fingerprint density at radius 1 is 1.32 bits per heavy atom. The summed E-state index contributed by atoms with van der Waals surface area (Å²) in [5, 5.41) is 0.341. The summed E-state index contributed by atoms with van der Waals surface area (Å²) in [6, 6.07) is 4.17. The Labute approximate surface area is 136 Å². The van der Waals surface area contributed by atoms with Crippen LogP contribution in [-0.4, -0.2) is 21.8 Å². The van der Waals surface area contributed by atoms with E-state index in [2.05, 4.69) is 31.0 Å². The van der Waals surface area contributed by atoms with Crippen LogP contribution in [0.4, 0.5) is 0 Å². The highest BCUT2D eigenvalue weighted by molar-refractivity contribution is 7.80. The smallest absolute Gasteiger partial charge is 0.274 e. The van der Waals surface area contributed by atoms with Gasteiger partial charge in [-0.1, -0.05) is 13.8 Å². The zero-order chi connectivity index (χ0) is 15.7. The maximum Gasteiger partial charge on any atom is 0.274 e. The van der Waals surface area contributed by atoms with Crippen LogP contribution in [0.1, 0.15) is 37.3 Å². The van der Waals surface area contributed by atoms with Gasteiger partial charge in [-0.15, -0.1) is 0 Å². The second kappa shape index (κ2) is 6.08. The van der Waals surface area contributed by atoms with E-state index in [1.807, 2.05) is 0 Å². The number of nitrogens with zero attached hydrogens (tertiary/aromatic N) is 2. The zero-order valence-corrected chi connectivity index (χ0v) is 13.9. The van der Waals surface area contributed by atoms with Gasteiger partial charge in [0, 0.05) is 12.4 Å². The van der Waals surface area contributed by atoms with Gasteiger partial charge < -0.3 is 9.47 Å². The predicted octanol–water partition coefficient (Wildman–Crippen LogP) is 3.79. The van der Waals surface area contributed by atoms with Gasteiger partial charge in [0.25, 0.3) is 5.17 Å². The summed E-state index contributed by atoms with van der Waals surface area (Å²) < 4.78 is 13.0. The standard InChI is InChI=1S/C17H20N2O2S/c1-11-4-5-13-8-16(15(20-3)9-14(13)12(11)2)21-17(22)19-7-6-18-10-19/h6-12H,4-5H2,1-3H3. The lowest BCUT2D eigenvalue weighted by Crippen LogP contribution is -2.18. The number of imidazole rings is 1. The van der Waals surface area contributed by atoms with Crippen LogP contribution in [0.25, 0.3) is 0 Å². The van der Waals surface area contributed by atoms with E-state index in [0.717, 1.165) is 12.2 Å². The SMILES string of the molecule is COc1cc2c(cc1OC(=S)n1ccnc1)CCC(C)C2C. The van der Waals surface area contributed by atoms with E-state index in [1.165, 1.54) is 17.5 Å². The molecule has 0 bridgehead atoms. The number of aromatic nitrogens is 2. The lowest BCUT2D eigenvalue weighted by Gasteiger charge is -2.29. The molecule has 5 heteroatoms. The second-order valence-electron chi connectivity index (χ2n) is 5.84. The highest BCUT2D eigenvalue weighted by Gasteiger charge is 2.25. The fourth-order valence-electron chi connectivity index (χ4n) is 2.95. The van der Waals surface area contributed by atoms with Crippen LogP contribution in [0, 0.1) is 5.92 Å². The number of aryl methyl sites for hydroxylation is 1. The molecular weight excluding hydrogens is 296 g/mol. The first kappa shape index (κ1) is 15.0. The third-order valence-corrected chi connectivity index (χ3v) is 4.85.